The van der Waals surface area contributed by atoms with Crippen molar-refractivity contribution in [3.63, 3.8) is 0 Å². The fourth-order valence-electron chi connectivity index (χ4n) is 2.52. The van der Waals surface area contributed by atoms with Crippen molar-refractivity contribution in [3.8, 4) is 0 Å². The summed E-state index contributed by atoms with van der Waals surface area (Å²) >= 11 is 0. The van der Waals surface area contributed by atoms with Crippen LogP contribution in [0.15, 0.2) is 0 Å². The highest BCUT2D eigenvalue weighted by Gasteiger charge is 2.32. The highest BCUT2D eigenvalue weighted by atomic mass is 16.6. The molecule has 190 valence electrons. The van der Waals surface area contributed by atoms with E-state index in [0.717, 1.165) is 13.2 Å². The molecule has 0 N–H and O–H groups in total. The molecule has 8 heteroatoms. The molecule has 0 saturated heterocycles. The summed E-state index contributed by atoms with van der Waals surface area (Å²) in [6.07, 6.45) is 0.0925. The van der Waals surface area contributed by atoms with Crippen molar-refractivity contribution in [2.45, 2.75) is 47.6 Å². The molecule has 0 unspecified atom stereocenters. The molecule has 0 spiro atoms. The van der Waals surface area contributed by atoms with Crippen LogP contribution in [-0.2, 0) is 37.9 Å². The molecule has 0 saturated carbocycles. The predicted molar refractivity (Wildman–Crippen MR) is 123 cm³/mol. The molecular weight excluding hydrogens is 404 g/mol. The zero-order chi connectivity index (χ0) is 23.6. The van der Waals surface area contributed by atoms with Gasteiger partial charge < -0.3 is 37.9 Å². The summed E-state index contributed by atoms with van der Waals surface area (Å²) in [5.41, 5.74) is -0.240. The van der Waals surface area contributed by atoms with Crippen molar-refractivity contribution in [1.82, 2.24) is 0 Å². The Balaban J connectivity index is 0. The van der Waals surface area contributed by atoms with E-state index in [0.29, 0.717) is 79.3 Å². The van der Waals surface area contributed by atoms with E-state index >= 15 is 0 Å². The normalized spacial score (nSPS) is 11.6. The van der Waals surface area contributed by atoms with Crippen molar-refractivity contribution in [3.05, 3.63) is 0 Å². The van der Waals surface area contributed by atoms with Crippen LogP contribution >= 0.6 is 0 Å². The van der Waals surface area contributed by atoms with Crippen molar-refractivity contribution in [1.29, 1.82) is 0 Å². The van der Waals surface area contributed by atoms with Gasteiger partial charge in [-0.25, -0.2) is 0 Å². The van der Waals surface area contributed by atoms with Gasteiger partial charge in [-0.05, 0) is 41.5 Å². The largest absolute Gasteiger partial charge is 0.382 e. The van der Waals surface area contributed by atoms with Gasteiger partial charge >= 0.3 is 0 Å². The second kappa shape index (κ2) is 25.9. The fourth-order valence-corrected chi connectivity index (χ4v) is 2.52. The molecule has 0 aromatic rings. The van der Waals surface area contributed by atoms with Crippen LogP contribution in [0.2, 0.25) is 0 Å². The Labute approximate surface area is 191 Å². The predicted octanol–water partition coefficient (Wildman–Crippen LogP) is 3.21. The monoisotopic (exact) mass is 454 g/mol. The number of ether oxygens (including phenoxy) is 8. The van der Waals surface area contributed by atoms with Gasteiger partial charge in [-0.3, -0.25) is 0 Å². The Morgan fingerprint density at radius 3 is 1.29 bits per heavy atom. The SMILES string of the molecule is CCOCC(COCC)(COCC)COCCOC.CCOCC(COCC)OCC. The van der Waals surface area contributed by atoms with Crippen molar-refractivity contribution in [2.75, 3.05) is 99.6 Å². The molecule has 0 amide bonds. The van der Waals surface area contributed by atoms with Gasteiger partial charge in [0.25, 0.3) is 0 Å². The van der Waals surface area contributed by atoms with Crippen LogP contribution in [-0.4, -0.2) is 106 Å². The van der Waals surface area contributed by atoms with E-state index in [9.17, 15) is 0 Å². The first-order valence-corrected chi connectivity index (χ1v) is 11.7. The second-order valence-electron chi connectivity index (χ2n) is 6.85. The Bertz CT molecular complexity index is 301. The van der Waals surface area contributed by atoms with E-state index < -0.39 is 0 Å². The molecule has 0 aromatic carbocycles. The van der Waals surface area contributed by atoms with Gasteiger partial charge in [0, 0.05) is 46.8 Å². The van der Waals surface area contributed by atoms with Crippen LogP contribution < -0.4 is 0 Å². The zero-order valence-corrected chi connectivity index (χ0v) is 21.2. The Kier molecular flexibility index (Phi) is 27.5. The standard InChI is InChI=1S/C14H30O5.C9H20O3/c1-5-16-10-14(11-17-6-2,12-18-7-3)13-19-9-8-15-4;1-4-10-7-9(12-6-3)8-11-5-2/h5-13H2,1-4H3;9H,4-8H2,1-3H3. The lowest BCUT2D eigenvalue weighted by Gasteiger charge is -2.32. The first-order chi connectivity index (χ1) is 15.1. The van der Waals surface area contributed by atoms with Crippen LogP contribution in [0.5, 0.6) is 0 Å². The van der Waals surface area contributed by atoms with Gasteiger partial charge in [0.2, 0.25) is 0 Å². The summed E-state index contributed by atoms with van der Waals surface area (Å²) in [5, 5.41) is 0. The van der Waals surface area contributed by atoms with Gasteiger partial charge in [0.05, 0.1) is 58.3 Å². The quantitative estimate of drug-likeness (QED) is 0.231. The molecule has 0 heterocycles. The number of hydrogen-bond donors (Lipinski definition) is 0. The molecule has 0 atom stereocenters. The molecular formula is C23H50O8. The highest BCUT2D eigenvalue weighted by molar-refractivity contribution is 4.79. The molecule has 0 aliphatic carbocycles. The van der Waals surface area contributed by atoms with Crippen molar-refractivity contribution < 1.29 is 37.9 Å². The molecule has 0 bridgehead atoms. The maximum absolute atomic E-state index is 5.67. The highest BCUT2D eigenvalue weighted by Crippen LogP contribution is 2.20. The second-order valence-corrected chi connectivity index (χ2v) is 6.85. The minimum atomic E-state index is -0.240. The average Bonchev–Trinajstić information content (AvgIpc) is 2.79. The van der Waals surface area contributed by atoms with Crippen molar-refractivity contribution >= 4 is 0 Å². The van der Waals surface area contributed by atoms with E-state index in [1.54, 1.807) is 7.11 Å². The minimum Gasteiger partial charge on any atom is -0.382 e. The lowest BCUT2D eigenvalue weighted by Crippen LogP contribution is -2.42. The topological polar surface area (TPSA) is 73.8 Å². The van der Waals surface area contributed by atoms with E-state index in [4.69, 9.17) is 37.9 Å². The Morgan fingerprint density at radius 1 is 0.516 bits per heavy atom. The lowest BCUT2D eigenvalue weighted by atomic mass is 9.92. The maximum Gasteiger partial charge on any atom is 0.104 e. The van der Waals surface area contributed by atoms with Crippen molar-refractivity contribution in [2.24, 2.45) is 5.41 Å². The van der Waals surface area contributed by atoms with E-state index in [1.165, 1.54) is 0 Å². The molecule has 0 aromatic heterocycles. The van der Waals surface area contributed by atoms with Gasteiger partial charge in [0.15, 0.2) is 0 Å². The molecule has 0 rings (SSSR count). The van der Waals surface area contributed by atoms with Gasteiger partial charge in [0.1, 0.15) is 6.10 Å². The van der Waals surface area contributed by atoms with Crippen LogP contribution in [0.3, 0.4) is 0 Å². The first-order valence-electron chi connectivity index (χ1n) is 11.7. The summed E-state index contributed by atoms with van der Waals surface area (Å²) in [6, 6.07) is 0. The summed E-state index contributed by atoms with van der Waals surface area (Å²) < 4.78 is 43.3. The smallest absolute Gasteiger partial charge is 0.104 e. The molecule has 31 heavy (non-hydrogen) atoms. The Morgan fingerprint density at radius 2 is 0.935 bits per heavy atom. The molecule has 0 fully saturated rings. The van der Waals surface area contributed by atoms with Crippen LogP contribution in [0.4, 0.5) is 0 Å². The third kappa shape index (κ3) is 21.3. The fraction of sp³-hybridized carbons (Fsp3) is 1.00. The van der Waals surface area contributed by atoms with E-state index in [2.05, 4.69) is 0 Å². The molecule has 0 aliphatic heterocycles. The third-order valence-corrected chi connectivity index (χ3v) is 4.10. The average molecular weight is 455 g/mol. The van der Waals surface area contributed by atoms with Crippen LogP contribution in [0, 0.1) is 5.41 Å². The molecule has 0 radical (unpaired) electrons. The van der Waals surface area contributed by atoms with E-state index in [-0.39, 0.29) is 11.5 Å². The third-order valence-electron chi connectivity index (χ3n) is 4.10. The summed E-state index contributed by atoms with van der Waals surface area (Å²) in [4.78, 5) is 0. The minimum absolute atomic E-state index is 0.0925. The lowest BCUT2D eigenvalue weighted by molar-refractivity contribution is -0.106. The van der Waals surface area contributed by atoms with Crippen LogP contribution in [0.25, 0.3) is 0 Å². The van der Waals surface area contributed by atoms with Crippen LogP contribution in [0.1, 0.15) is 41.5 Å². The summed E-state index contributed by atoms with van der Waals surface area (Å²) in [6.45, 7) is 20.8. The molecule has 8 nitrogen and oxygen atoms in total. The maximum atomic E-state index is 5.67. The van der Waals surface area contributed by atoms with E-state index in [1.807, 2.05) is 41.5 Å². The summed E-state index contributed by atoms with van der Waals surface area (Å²) in [7, 11) is 1.66. The zero-order valence-electron chi connectivity index (χ0n) is 21.2. The first kappa shape index (κ1) is 32.9. The van der Waals surface area contributed by atoms with Gasteiger partial charge in [-0.15, -0.1) is 0 Å². The van der Waals surface area contributed by atoms with Gasteiger partial charge in [-0.2, -0.15) is 0 Å². The number of hydrogen-bond acceptors (Lipinski definition) is 8. The number of methoxy groups -OCH3 is 1. The molecule has 0 aliphatic rings. The Hall–Kier alpha value is -0.320. The van der Waals surface area contributed by atoms with Gasteiger partial charge in [-0.1, -0.05) is 0 Å². The summed E-state index contributed by atoms with van der Waals surface area (Å²) in [5.74, 6) is 0. The number of rotatable bonds is 22.